The third-order valence-electron chi connectivity index (χ3n) is 2.68. The number of anilines is 1. The topological polar surface area (TPSA) is 52.8 Å². The minimum Gasteiger partial charge on any atom is -0.366 e. The van der Waals surface area contributed by atoms with E-state index in [1.54, 1.807) is 18.5 Å². The van der Waals surface area contributed by atoms with E-state index in [9.17, 15) is 0 Å². The first-order chi connectivity index (χ1) is 8.83. The van der Waals surface area contributed by atoms with Crippen LogP contribution in [0.2, 0.25) is 0 Å². The third-order valence-corrected chi connectivity index (χ3v) is 2.68. The molecule has 2 aromatic heterocycles. The molecule has 0 spiro atoms. The summed E-state index contributed by atoms with van der Waals surface area (Å²) in [6.45, 7) is 3.66. The van der Waals surface area contributed by atoms with Crippen LogP contribution in [0.1, 0.15) is 18.3 Å². The van der Waals surface area contributed by atoms with Gasteiger partial charge < -0.3 is 4.90 Å². The van der Waals surface area contributed by atoms with Crippen LogP contribution in [0.5, 0.6) is 0 Å². The highest BCUT2D eigenvalue weighted by atomic mass is 15.1. The van der Waals surface area contributed by atoms with E-state index in [0.29, 0.717) is 5.69 Å². The molecule has 0 aliphatic heterocycles. The lowest BCUT2D eigenvalue weighted by Gasteiger charge is -2.22. The molecular formula is C14H14N4. The van der Waals surface area contributed by atoms with E-state index in [2.05, 4.69) is 27.9 Å². The predicted octanol–water partition coefficient (Wildman–Crippen LogP) is 2.37. The molecule has 0 aliphatic rings. The highest BCUT2D eigenvalue weighted by Crippen LogP contribution is 2.16. The maximum absolute atomic E-state index is 8.86. The molecule has 0 amide bonds. The van der Waals surface area contributed by atoms with Crippen LogP contribution < -0.4 is 4.90 Å². The van der Waals surface area contributed by atoms with Crippen molar-refractivity contribution in [3.8, 4) is 6.07 Å². The number of nitriles is 1. The number of pyridine rings is 2. The van der Waals surface area contributed by atoms with Gasteiger partial charge in [0.2, 0.25) is 0 Å². The number of aromatic nitrogens is 2. The second-order valence-electron chi connectivity index (χ2n) is 3.85. The number of hydrogen-bond donors (Lipinski definition) is 0. The first kappa shape index (κ1) is 12.1. The van der Waals surface area contributed by atoms with Crippen molar-refractivity contribution < 1.29 is 0 Å². The fraction of sp³-hybridized carbons (Fsp3) is 0.214. The van der Waals surface area contributed by atoms with Crippen LogP contribution >= 0.6 is 0 Å². The number of nitrogens with zero attached hydrogens (tertiary/aromatic N) is 4. The zero-order valence-corrected chi connectivity index (χ0v) is 10.2. The van der Waals surface area contributed by atoms with Crippen molar-refractivity contribution in [1.29, 1.82) is 5.26 Å². The molecule has 0 atom stereocenters. The van der Waals surface area contributed by atoms with Gasteiger partial charge in [0, 0.05) is 24.6 Å². The van der Waals surface area contributed by atoms with E-state index in [1.807, 2.05) is 24.3 Å². The zero-order valence-electron chi connectivity index (χ0n) is 10.2. The Morgan fingerprint density at radius 2 is 2.11 bits per heavy atom. The highest BCUT2D eigenvalue weighted by Gasteiger charge is 2.07. The molecule has 90 valence electrons. The average Bonchev–Trinajstić information content (AvgIpc) is 2.46. The molecule has 0 fully saturated rings. The molecule has 4 nitrogen and oxygen atoms in total. The first-order valence-electron chi connectivity index (χ1n) is 5.84. The lowest BCUT2D eigenvalue weighted by atomic mass is 10.2. The molecule has 2 aromatic rings. The summed E-state index contributed by atoms with van der Waals surface area (Å²) in [6, 6.07) is 11.6. The summed E-state index contributed by atoms with van der Waals surface area (Å²) < 4.78 is 0. The van der Waals surface area contributed by atoms with Crippen LogP contribution in [-0.4, -0.2) is 16.5 Å². The van der Waals surface area contributed by atoms with Gasteiger partial charge in [-0.15, -0.1) is 0 Å². The van der Waals surface area contributed by atoms with Crippen molar-refractivity contribution in [3.05, 3.63) is 54.1 Å². The van der Waals surface area contributed by atoms with Crippen LogP contribution in [0.15, 0.2) is 42.7 Å². The van der Waals surface area contributed by atoms with Gasteiger partial charge in [0.25, 0.3) is 0 Å². The van der Waals surface area contributed by atoms with E-state index in [-0.39, 0.29) is 0 Å². The average molecular weight is 238 g/mol. The predicted molar refractivity (Wildman–Crippen MR) is 69.9 cm³/mol. The molecular weight excluding hydrogens is 224 g/mol. The molecule has 0 N–H and O–H groups in total. The van der Waals surface area contributed by atoms with E-state index < -0.39 is 0 Å². The van der Waals surface area contributed by atoms with Gasteiger partial charge >= 0.3 is 0 Å². The molecule has 18 heavy (non-hydrogen) atoms. The fourth-order valence-electron chi connectivity index (χ4n) is 1.75. The highest BCUT2D eigenvalue weighted by molar-refractivity contribution is 5.48. The SMILES string of the molecule is CCN(Cc1ccccn1)c1ccnc(C#N)c1. The first-order valence-corrected chi connectivity index (χ1v) is 5.84. The lowest BCUT2D eigenvalue weighted by Crippen LogP contribution is -2.22. The van der Waals surface area contributed by atoms with Crippen LogP contribution in [-0.2, 0) is 6.54 Å². The number of rotatable bonds is 4. The molecule has 0 aliphatic carbocycles. The fourth-order valence-corrected chi connectivity index (χ4v) is 1.75. The van der Waals surface area contributed by atoms with Crippen molar-refractivity contribution in [3.63, 3.8) is 0 Å². The largest absolute Gasteiger partial charge is 0.366 e. The standard InChI is InChI=1S/C14H14N4/c1-2-18(11-12-5-3-4-7-16-12)14-6-8-17-13(9-14)10-15/h3-9H,2,11H2,1H3. The summed E-state index contributed by atoms with van der Waals surface area (Å²) >= 11 is 0. The maximum atomic E-state index is 8.86. The second kappa shape index (κ2) is 5.78. The second-order valence-corrected chi connectivity index (χ2v) is 3.85. The van der Waals surface area contributed by atoms with Crippen molar-refractivity contribution >= 4 is 5.69 Å². The Hall–Kier alpha value is -2.41. The van der Waals surface area contributed by atoms with Crippen LogP contribution in [0.3, 0.4) is 0 Å². The van der Waals surface area contributed by atoms with Crippen molar-refractivity contribution in [1.82, 2.24) is 9.97 Å². The van der Waals surface area contributed by atoms with E-state index >= 15 is 0 Å². The summed E-state index contributed by atoms with van der Waals surface area (Å²) in [7, 11) is 0. The van der Waals surface area contributed by atoms with E-state index in [4.69, 9.17) is 5.26 Å². The molecule has 0 unspecified atom stereocenters. The zero-order chi connectivity index (χ0) is 12.8. The maximum Gasteiger partial charge on any atom is 0.142 e. The summed E-state index contributed by atoms with van der Waals surface area (Å²) in [5.74, 6) is 0. The quantitative estimate of drug-likeness (QED) is 0.820. The van der Waals surface area contributed by atoms with Crippen molar-refractivity contribution in [2.24, 2.45) is 0 Å². The summed E-state index contributed by atoms with van der Waals surface area (Å²) in [4.78, 5) is 10.4. The Bertz CT molecular complexity index is 545. The van der Waals surface area contributed by atoms with Gasteiger partial charge in [-0.05, 0) is 31.2 Å². The molecule has 4 heteroatoms. The minimum atomic E-state index is 0.437. The van der Waals surface area contributed by atoms with Gasteiger partial charge in [-0.3, -0.25) is 4.98 Å². The molecule has 0 bridgehead atoms. The van der Waals surface area contributed by atoms with Crippen molar-refractivity contribution in [2.75, 3.05) is 11.4 Å². The van der Waals surface area contributed by atoms with Gasteiger partial charge in [-0.2, -0.15) is 5.26 Å². The summed E-state index contributed by atoms with van der Waals surface area (Å²) in [5, 5.41) is 8.86. The Balaban J connectivity index is 2.21. The van der Waals surface area contributed by atoms with Gasteiger partial charge in [0.15, 0.2) is 0 Å². The Kier molecular flexibility index (Phi) is 3.87. The van der Waals surface area contributed by atoms with Crippen LogP contribution in [0, 0.1) is 11.3 Å². The van der Waals surface area contributed by atoms with Crippen LogP contribution in [0.25, 0.3) is 0 Å². The summed E-state index contributed by atoms with van der Waals surface area (Å²) in [6.07, 6.45) is 3.45. The normalized spacial score (nSPS) is 9.78. The smallest absolute Gasteiger partial charge is 0.142 e. The minimum absolute atomic E-state index is 0.437. The van der Waals surface area contributed by atoms with Gasteiger partial charge in [-0.1, -0.05) is 6.07 Å². The monoisotopic (exact) mass is 238 g/mol. The van der Waals surface area contributed by atoms with E-state index in [0.717, 1.165) is 24.5 Å². The molecule has 2 rings (SSSR count). The molecule has 2 heterocycles. The summed E-state index contributed by atoms with van der Waals surface area (Å²) in [5.41, 5.74) is 2.44. The van der Waals surface area contributed by atoms with Gasteiger partial charge in [0.05, 0.1) is 12.2 Å². The molecule has 0 radical (unpaired) electrons. The Morgan fingerprint density at radius 3 is 2.78 bits per heavy atom. The Morgan fingerprint density at radius 1 is 1.22 bits per heavy atom. The lowest BCUT2D eigenvalue weighted by molar-refractivity contribution is 0.808. The molecule has 0 saturated carbocycles. The molecule has 0 saturated heterocycles. The number of hydrogen-bond acceptors (Lipinski definition) is 4. The third kappa shape index (κ3) is 2.83. The van der Waals surface area contributed by atoms with Gasteiger partial charge in [-0.25, -0.2) is 4.98 Å². The van der Waals surface area contributed by atoms with Gasteiger partial charge in [0.1, 0.15) is 11.8 Å². The Labute approximate surface area is 107 Å². The van der Waals surface area contributed by atoms with Crippen molar-refractivity contribution in [2.45, 2.75) is 13.5 Å². The van der Waals surface area contributed by atoms with E-state index in [1.165, 1.54) is 0 Å². The van der Waals surface area contributed by atoms with Crippen LogP contribution in [0.4, 0.5) is 5.69 Å². The molecule has 0 aromatic carbocycles.